The molecule has 5 aromatic rings. The number of fused-ring (bicyclic) bond motifs is 3. The summed E-state index contributed by atoms with van der Waals surface area (Å²) >= 11 is 1.46. The van der Waals surface area contributed by atoms with Gasteiger partial charge in [-0.1, -0.05) is 90.4 Å². The van der Waals surface area contributed by atoms with Crippen molar-refractivity contribution in [3.8, 4) is 0 Å². The summed E-state index contributed by atoms with van der Waals surface area (Å²) < 4.78 is 1.42. The van der Waals surface area contributed by atoms with Crippen LogP contribution < -0.4 is 0 Å². The van der Waals surface area contributed by atoms with Gasteiger partial charge in [0.15, 0.2) is 0 Å². The fourth-order valence-electron chi connectivity index (χ4n) is 6.19. The van der Waals surface area contributed by atoms with E-state index in [1.165, 1.54) is 108 Å². The average Bonchev–Trinajstić information content (AvgIpc) is 3.64. The van der Waals surface area contributed by atoms with E-state index in [-0.39, 0.29) is 0 Å². The van der Waals surface area contributed by atoms with Crippen LogP contribution in [0, 0.1) is 13.8 Å². The van der Waals surface area contributed by atoms with Crippen molar-refractivity contribution in [2.75, 3.05) is 0 Å². The standard InChI is InChI=1S/C26H29.C13H10.Zr/c1-5-9-21-18(4)25(19-11-7-8-12-19)24-16-20-15-17(3)13-14-22(20)26(24)23(21)10-6-2;1-3-7-12(8-4-1)11-13-9-5-2-6-10-13;/h7-8,11,13-16H,5-6,9-10,12H2,1-4H3;1-10H;/q-1;;. The zero-order valence-electron chi connectivity index (χ0n) is 24.4. The summed E-state index contributed by atoms with van der Waals surface area (Å²) in [5.41, 5.74) is 11.7. The molecule has 1 aliphatic rings. The number of benzene rings is 4. The summed E-state index contributed by atoms with van der Waals surface area (Å²) in [6, 6.07) is 30.5. The summed E-state index contributed by atoms with van der Waals surface area (Å²) in [5, 5.41) is 5.84. The molecule has 0 saturated carbocycles. The molecule has 1 aliphatic carbocycles. The van der Waals surface area contributed by atoms with Gasteiger partial charge in [-0.05, 0) is 33.1 Å². The predicted molar refractivity (Wildman–Crippen MR) is 172 cm³/mol. The van der Waals surface area contributed by atoms with Gasteiger partial charge in [-0.2, -0.15) is 0 Å². The summed E-state index contributed by atoms with van der Waals surface area (Å²) in [7, 11) is 0. The second-order valence-corrected chi connectivity index (χ2v) is 12.1. The van der Waals surface area contributed by atoms with Crippen molar-refractivity contribution in [1.29, 1.82) is 0 Å². The van der Waals surface area contributed by atoms with E-state index in [2.05, 4.69) is 131 Å². The van der Waals surface area contributed by atoms with Crippen molar-refractivity contribution in [3.63, 3.8) is 0 Å². The van der Waals surface area contributed by atoms with E-state index in [4.69, 9.17) is 0 Å². The average molecular weight is 599 g/mol. The second kappa shape index (κ2) is 13.1. The van der Waals surface area contributed by atoms with Crippen LogP contribution in [0.3, 0.4) is 0 Å². The third-order valence-corrected chi connectivity index (χ3v) is 9.45. The molecule has 200 valence electrons. The molecule has 0 aromatic heterocycles. The van der Waals surface area contributed by atoms with E-state index in [9.17, 15) is 0 Å². The molecule has 0 N–H and O–H groups in total. The van der Waals surface area contributed by atoms with E-state index in [1.54, 1.807) is 11.1 Å². The fraction of sp³-hybridized carbons (Fsp3) is 0.231. The van der Waals surface area contributed by atoms with Crippen molar-refractivity contribution < 1.29 is 24.2 Å². The Kier molecular flexibility index (Phi) is 9.34. The Labute approximate surface area is 255 Å². The summed E-state index contributed by atoms with van der Waals surface area (Å²) in [4.78, 5) is 0. The summed E-state index contributed by atoms with van der Waals surface area (Å²) in [6.45, 7) is 9.18. The van der Waals surface area contributed by atoms with Crippen molar-refractivity contribution in [3.05, 3.63) is 142 Å². The quantitative estimate of drug-likeness (QED) is 0.164. The van der Waals surface area contributed by atoms with Crippen LogP contribution in [0.1, 0.15) is 72.1 Å². The Bertz CT molecular complexity index is 1650. The van der Waals surface area contributed by atoms with Crippen LogP contribution in [0.2, 0.25) is 0 Å². The van der Waals surface area contributed by atoms with E-state index in [1.807, 2.05) is 0 Å². The SMILES string of the molecule is CCCc1c(C)c(C2=CC=CC2)c2[cH-]c3cc(C)ccc3c2c1CCC.[Zr]=[C](c1ccccc1)c1ccccc1. The van der Waals surface area contributed by atoms with Crippen LogP contribution in [0.5, 0.6) is 0 Å². The predicted octanol–water partition coefficient (Wildman–Crippen LogP) is 10.4. The first-order chi connectivity index (χ1) is 19.5. The number of hydrogen-bond donors (Lipinski definition) is 0. The van der Waals surface area contributed by atoms with Gasteiger partial charge in [0.25, 0.3) is 0 Å². The van der Waals surface area contributed by atoms with Gasteiger partial charge in [0.2, 0.25) is 0 Å². The van der Waals surface area contributed by atoms with Gasteiger partial charge in [0.05, 0.1) is 0 Å². The molecule has 0 amide bonds. The van der Waals surface area contributed by atoms with Crippen molar-refractivity contribution in [1.82, 2.24) is 0 Å². The molecule has 40 heavy (non-hydrogen) atoms. The van der Waals surface area contributed by atoms with Crippen LogP contribution in [0.25, 0.3) is 27.1 Å². The third kappa shape index (κ3) is 5.87. The molecule has 0 saturated heterocycles. The van der Waals surface area contributed by atoms with Gasteiger partial charge in [-0.3, -0.25) is 0 Å². The van der Waals surface area contributed by atoms with E-state index in [0.29, 0.717) is 0 Å². The first-order valence-electron chi connectivity index (χ1n) is 14.7. The first kappa shape index (κ1) is 28.5. The molecule has 0 bridgehead atoms. The van der Waals surface area contributed by atoms with Gasteiger partial charge >= 0.3 is 99.2 Å². The third-order valence-electron chi connectivity index (χ3n) is 8.03. The van der Waals surface area contributed by atoms with E-state index >= 15 is 0 Å². The minimum absolute atomic E-state index is 1.06. The zero-order chi connectivity index (χ0) is 28.1. The normalized spacial score (nSPS) is 12.4. The molecule has 0 aliphatic heterocycles. The molecule has 6 rings (SSSR count). The first-order valence-corrected chi connectivity index (χ1v) is 16.0. The number of rotatable bonds is 7. The van der Waals surface area contributed by atoms with Gasteiger partial charge in [0.1, 0.15) is 0 Å². The maximum absolute atomic E-state index is 2.45. The van der Waals surface area contributed by atoms with Crippen molar-refractivity contribution in [2.24, 2.45) is 0 Å². The Balaban J connectivity index is 0.000000194. The molecule has 5 aromatic carbocycles. The minimum atomic E-state index is 1.06. The molecule has 0 unspecified atom stereocenters. The summed E-state index contributed by atoms with van der Waals surface area (Å²) in [6.07, 6.45) is 12.7. The molecule has 0 atom stereocenters. The topological polar surface area (TPSA) is 0 Å². The molecule has 0 spiro atoms. The van der Waals surface area contributed by atoms with Crippen LogP contribution in [-0.4, -0.2) is 3.21 Å². The monoisotopic (exact) mass is 597 g/mol. The number of aryl methyl sites for hydroxylation is 2. The van der Waals surface area contributed by atoms with Gasteiger partial charge in [-0.15, -0.1) is 33.7 Å². The van der Waals surface area contributed by atoms with Crippen molar-refractivity contribution >= 4 is 30.3 Å². The van der Waals surface area contributed by atoms with Crippen LogP contribution in [0.15, 0.2) is 103 Å². The van der Waals surface area contributed by atoms with Crippen molar-refractivity contribution in [2.45, 2.75) is 59.8 Å². The molecule has 0 heterocycles. The van der Waals surface area contributed by atoms with Gasteiger partial charge in [0, 0.05) is 0 Å². The molecular weight excluding hydrogens is 560 g/mol. The number of hydrogen-bond acceptors (Lipinski definition) is 0. The Morgan fingerprint density at radius 1 is 0.800 bits per heavy atom. The molecule has 0 radical (unpaired) electrons. The van der Waals surface area contributed by atoms with E-state index < -0.39 is 0 Å². The van der Waals surface area contributed by atoms with E-state index in [0.717, 1.165) is 6.42 Å². The summed E-state index contributed by atoms with van der Waals surface area (Å²) in [5.74, 6) is 0. The van der Waals surface area contributed by atoms with Gasteiger partial charge < -0.3 is 0 Å². The Morgan fingerprint density at radius 3 is 2.00 bits per heavy atom. The molecule has 1 heteroatoms. The molecule has 0 nitrogen and oxygen atoms in total. The van der Waals surface area contributed by atoms with Crippen LogP contribution in [-0.2, 0) is 37.1 Å². The van der Waals surface area contributed by atoms with Crippen LogP contribution >= 0.6 is 0 Å². The fourth-order valence-corrected chi connectivity index (χ4v) is 7.01. The Hall–Kier alpha value is -3.02. The number of allylic oxidation sites excluding steroid dienone is 4. The molecule has 0 fully saturated rings. The van der Waals surface area contributed by atoms with Gasteiger partial charge in [-0.25, -0.2) is 0 Å². The second-order valence-electron chi connectivity index (χ2n) is 10.9. The zero-order valence-corrected chi connectivity index (χ0v) is 26.8. The molecular formula is C39H39Zr-. The maximum atomic E-state index is 2.45. The van der Waals surface area contributed by atoms with Crippen LogP contribution in [0.4, 0.5) is 0 Å². The Morgan fingerprint density at radius 2 is 1.43 bits per heavy atom.